The van der Waals surface area contributed by atoms with Crippen LogP contribution in [0.25, 0.3) is 0 Å². The summed E-state index contributed by atoms with van der Waals surface area (Å²) < 4.78 is 50.5. The molecule has 0 saturated heterocycles. The van der Waals surface area contributed by atoms with Crippen LogP contribution >= 0.6 is 23.4 Å². The third-order valence-electron chi connectivity index (χ3n) is 2.92. The predicted octanol–water partition coefficient (Wildman–Crippen LogP) is 5.01. The van der Waals surface area contributed by atoms with Crippen LogP contribution in [0.2, 0.25) is 5.02 Å². The average Bonchev–Trinajstić information content (AvgIpc) is 2.50. The second-order valence-corrected chi connectivity index (χ2v) is 6.53. The number of carbonyl (C=O) groups excluding carboxylic acids is 1. The number of hydrogen-bond donors (Lipinski definition) is 1. The summed E-state index contributed by atoms with van der Waals surface area (Å²) in [5.41, 5.74) is -0.538. The molecule has 0 aliphatic rings. The molecule has 2 rings (SSSR count). The smallest absolute Gasteiger partial charge is 0.325 e. The van der Waals surface area contributed by atoms with Gasteiger partial charge in [-0.25, -0.2) is 9.37 Å². The van der Waals surface area contributed by atoms with Crippen molar-refractivity contribution >= 4 is 35.0 Å². The molecule has 3 nitrogen and oxygen atoms in total. The largest absolute Gasteiger partial charge is 0.417 e. The number of nitrogens with zero attached hydrogens (tertiary/aromatic N) is 1. The maximum absolute atomic E-state index is 13.1. The van der Waals surface area contributed by atoms with Crippen molar-refractivity contribution in [3.8, 4) is 0 Å². The highest BCUT2D eigenvalue weighted by molar-refractivity contribution is 8.00. The van der Waals surface area contributed by atoms with Crippen molar-refractivity contribution in [3.05, 3.63) is 52.9 Å². The van der Waals surface area contributed by atoms with Gasteiger partial charge in [-0.3, -0.25) is 4.79 Å². The van der Waals surface area contributed by atoms with Gasteiger partial charge in [-0.05, 0) is 37.3 Å². The van der Waals surface area contributed by atoms with Crippen LogP contribution in [0.3, 0.4) is 0 Å². The van der Waals surface area contributed by atoms with Gasteiger partial charge in [-0.1, -0.05) is 23.4 Å². The average molecular weight is 379 g/mol. The van der Waals surface area contributed by atoms with E-state index in [4.69, 9.17) is 11.6 Å². The van der Waals surface area contributed by atoms with Crippen molar-refractivity contribution in [2.24, 2.45) is 0 Å². The first-order valence-electron chi connectivity index (χ1n) is 6.62. The Morgan fingerprint density at radius 1 is 1.29 bits per heavy atom. The lowest BCUT2D eigenvalue weighted by atomic mass is 10.3. The van der Waals surface area contributed by atoms with Crippen LogP contribution in [-0.2, 0) is 11.0 Å². The van der Waals surface area contributed by atoms with Gasteiger partial charge in [0.25, 0.3) is 0 Å². The third kappa shape index (κ3) is 4.85. The van der Waals surface area contributed by atoms with Crippen molar-refractivity contribution in [1.29, 1.82) is 0 Å². The van der Waals surface area contributed by atoms with E-state index < -0.39 is 28.7 Å². The Morgan fingerprint density at radius 2 is 2.00 bits per heavy atom. The van der Waals surface area contributed by atoms with E-state index >= 15 is 0 Å². The van der Waals surface area contributed by atoms with Crippen LogP contribution in [-0.4, -0.2) is 16.1 Å². The van der Waals surface area contributed by atoms with Gasteiger partial charge in [0.2, 0.25) is 5.91 Å². The summed E-state index contributed by atoms with van der Waals surface area (Å²) in [6.07, 6.45) is -3.74. The predicted molar refractivity (Wildman–Crippen MR) is 84.6 cm³/mol. The Kier molecular flexibility index (Phi) is 5.71. The Hall–Kier alpha value is -1.80. The minimum atomic E-state index is -4.46. The molecule has 0 fully saturated rings. The molecule has 0 aliphatic heterocycles. The molecule has 1 amide bonds. The molecule has 1 unspecified atom stereocenters. The van der Waals surface area contributed by atoms with Crippen LogP contribution in [0, 0.1) is 5.82 Å². The van der Waals surface area contributed by atoms with Crippen molar-refractivity contribution < 1.29 is 22.4 Å². The Balaban J connectivity index is 1.99. The number of anilines is 1. The Labute approximate surface area is 144 Å². The topological polar surface area (TPSA) is 42.0 Å². The van der Waals surface area contributed by atoms with Gasteiger partial charge in [-0.15, -0.1) is 0 Å². The molecule has 1 aromatic carbocycles. The lowest BCUT2D eigenvalue weighted by molar-refractivity contribution is -0.137. The van der Waals surface area contributed by atoms with Crippen molar-refractivity contribution in [1.82, 2.24) is 4.98 Å². The highest BCUT2D eigenvalue weighted by Crippen LogP contribution is 2.30. The van der Waals surface area contributed by atoms with E-state index in [0.29, 0.717) is 11.9 Å². The monoisotopic (exact) mass is 378 g/mol. The lowest BCUT2D eigenvalue weighted by Crippen LogP contribution is -2.22. The standard InChI is InChI=1S/C15H11ClF4N2OS/c1-8(14(23)22-10-3-4-12(17)11(16)6-10)24-13-5-2-9(7-21-13)15(18,19)20/h2-8H,1H3,(H,22,23). The molecule has 0 saturated carbocycles. The zero-order chi connectivity index (χ0) is 17.9. The molecule has 1 atom stereocenters. The molecule has 0 bridgehead atoms. The zero-order valence-corrected chi connectivity index (χ0v) is 13.8. The molecule has 24 heavy (non-hydrogen) atoms. The summed E-state index contributed by atoms with van der Waals surface area (Å²) in [6.45, 7) is 1.57. The molecule has 0 radical (unpaired) electrons. The van der Waals surface area contributed by atoms with E-state index in [1.807, 2.05) is 0 Å². The van der Waals surface area contributed by atoms with E-state index in [-0.39, 0.29) is 10.0 Å². The first-order chi connectivity index (χ1) is 11.2. The highest BCUT2D eigenvalue weighted by Gasteiger charge is 2.30. The fraction of sp³-hybridized carbons (Fsp3) is 0.200. The molecule has 9 heteroatoms. The number of rotatable bonds is 4. The molecule has 1 heterocycles. The van der Waals surface area contributed by atoms with Crippen LogP contribution < -0.4 is 5.32 Å². The van der Waals surface area contributed by atoms with Crippen molar-refractivity contribution in [2.45, 2.75) is 23.4 Å². The normalized spacial score (nSPS) is 12.8. The van der Waals surface area contributed by atoms with Gasteiger partial charge >= 0.3 is 6.18 Å². The Morgan fingerprint density at radius 3 is 2.54 bits per heavy atom. The zero-order valence-electron chi connectivity index (χ0n) is 12.2. The van der Waals surface area contributed by atoms with Crippen molar-refractivity contribution in [3.63, 3.8) is 0 Å². The summed E-state index contributed by atoms with van der Waals surface area (Å²) in [7, 11) is 0. The molecular weight excluding hydrogens is 368 g/mol. The summed E-state index contributed by atoms with van der Waals surface area (Å²) in [5, 5.41) is 2.07. The fourth-order valence-corrected chi connectivity index (χ4v) is 2.64. The Bertz CT molecular complexity index is 737. The molecule has 2 aromatic rings. The second kappa shape index (κ2) is 7.40. The first-order valence-corrected chi connectivity index (χ1v) is 7.88. The summed E-state index contributed by atoms with van der Waals surface area (Å²) in [5.74, 6) is -1.02. The number of benzene rings is 1. The molecule has 128 valence electrons. The minimum absolute atomic E-state index is 0.127. The number of halogens is 5. The van der Waals surface area contributed by atoms with E-state index in [1.54, 1.807) is 6.92 Å². The van der Waals surface area contributed by atoms with Crippen LogP contribution in [0.15, 0.2) is 41.6 Å². The SMILES string of the molecule is CC(Sc1ccc(C(F)(F)F)cn1)C(=O)Nc1ccc(F)c(Cl)c1. The van der Waals surface area contributed by atoms with Gasteiger partial charge in [0.15, 0.2) is 0 Å². The van der Waals surface area contributed by atoms with Crippen LogP contribution in [0.5, 0.6) is 0 Å². The van der Waals surface area contributed by atoms with Crippen molar-refractivity contribution in [2.75, 3.05) is 5.32 Å². The molecule has 0 aliphatic carbocycles. The van der Waals surface area contributed by atoms with E-state index in [9.17, 15) is 22.4 Å². The highest BCUT2D eigenvalue weighted by atomic mass is 35.5. The minimum Gasteiger partial charge on any atom is -0.325 e. The van der Waals surface area contributed by atoms with E-state index in [0.717, 1.165) is 23.9 Å². The third-order valence-corrected chi connectivity index (χ3v) is 4.26. The number of amides is 1. The van der Waals surface area contributed by atoms with Gasteiger partial charge in [-0.2, -0.15) is 13.2 Å². The second-order valence-electron chi connectivity index (χ2n) is 4.76. The number of aromatic nitrogens is 1. The molecular formula is C15H11ClF4N2OS. The number of hydrogen-bond acceptors (Lipinski definition) is 3. The maximum Gasteiger partial charge on any atom is 0.417 e. The number of pyridine rings is 1. The summed E-state index contributed by atoms with van der Waals surface area (Å²) in [4.78, 5) is 15.8. The summed E-state index contributed by atoms with van der Waals surface area (Å²) >= 11 is 6.62. The molecule has 0 spiro atoms. The van der Waals surface area contributed by atoms with Gasteiger partial charge < -0.3 is 5.32 Å². The lowest BCUT2D eigenvalue weighted by Gasteiger charge is -2.12. The maximum atomic E-state index is 13.1. The van der Waals surface area contributed by atoms with E-state index in [1.165, 1.54) is 18.2 Å². The summed E-state index contributed by atoms with van der Waals surface area (Å²) in [6, 6.07) is 5.84. The van der Waals surface area contributed by atoms with Crippen LogP contribution in [0.4, 0.5) is 23.2 Å². The molecule has 1 aromatic heterocycles. The number of thioether (sulfide) groups is 1. The first kappa shape index (κ1) is 18.5. The van der Waals surface area contributed by atoms with Gasteiger partial charge in [0.1, 0.15) is 5.82 Å². The number of nitrogens with one attached hydrogen (secondary N) is 1. The van der Waals surface area contributed by atoms with Gasteiger partial charge in [0.05, 0.1) is 20.9 Å². The number of carbonyl (C=O) groups is 1. The fourth-order valence-electron chi connectivity index (χ4n) is 1.67. The van der Waals surface area contributed by atoms with Crippen LogP contribution in [0.1, 0.15) is 12.5 Å². The molecule has 1 N–H and O–H groups in total. The quantitative estimate of drug-likeness (QED) is 0.600. The van der Waals surface area contributed by atoms with Gasteiger partial charge in [0, 0.05) is 11.9 Å². The van der Waals surface area contributed by atoms with E-state index in [2.05, 4.69) is 10.3 Å². The number of alkyl halides is 3.